The Morgan fingerprint density at radius 2 is 1.63 bits per heavy atom. The van der Waals surface area contributed by atoms with E-state index in [1.54, 1.807) is 24.3 Å². The third kappa shape index (κ3) is 4.28. The molecule has 27 heavy (non-hydrogen) atoms. The zero-order valence-corrected chi connectivity index (χ0v) is 15.1. The highest BCUT2D eigenvalue weighted by Crippen LogP contribution is 2.25. The number of aromatic nitrogens is 2. The third-order valence-corrected chi connectivity index (χ3v) is 4.04. The molecular weight excluding hydrogens is 338 g/mol. The van der Waals surface area contributed by atoms with Gasteiger partial charge in [-0.05, 0) is 29.7 Å². The van der Waals surface area contributed by atoms with E-state index < -0.39 is 0 Å². The van der Waals surface area contributed by atoms with Crippen LogP contribution in [-0.2, 0) is 0 Å². The van der Waals surface area contributed by atoms with Crippen LogP contribution in [0.3, 0.4) is 0 Å². The minimum absolute atomic E-state index is 0.311. The van der Waals surface area contributed by atoms with Crippen LogP contribution in [0.2, 0.25) is 0 Å². The first kappa shape index (κ1) is 18.1. The molecule has 1 heterocycles. The molecule has 1 aromatic heterocycles. The summed E-state index contributed by atoms with van der Waals surface area (Å²) in [4.78, 5) is 20.8. The van der Waals surface area contributed by atoms with Crippen LogP contribution in [0.25, 0.3) is 0 Å². The van der Waals surface area contributed by atoms with Gasteiger partial charge in [-0.25, -0.2) is 9.97 Å². The second-order valence-electron chi connectivity index (χ2n) is 6.27. The number of benzene rings is 2. The zero-order valence-electron chi connectivity index (χ0n) is 15.1. The number of nitrogens with one attached hydrogen (secondary N) is 2. The van der Waals surface area contributed by atoms with Crippen LogP contribution in [0, 0.1) is 11.3 Å². The van der Waals surface area contributed by atoms with Gasteiger partial charge in [-0.2, -0.15) is 5.26 Å². The average Bonchev–Trinajstić information content (AvgIpc) is 2.69. The molecule has 6 nitrogen and oxygen atoms in total. The van der Waals surface area contributed by atoms with E-state index in [9.17, 15) is 4.79 Å². The predicted molar refractivity (Wildman–Crippen MR) is 105 cm³/mol. The van der Waals surface area contributed by atoms with E-state index in [0.29, 0.717) is 28.7 Å². The van der Waals surface area contributed by atoms with E-state index in [4.69, 9.17) is 5.26 Å². The molecule has 0 atom stereocenters. The molecule has 0 fully saturated rings. The lowest BCUT2D eigenvalue weighted by Crippen LogP contribution is -2.14. The maximum absolute atomic E-state index is 12.4. The summed E-state index contributed by atoms with van der Waals surface area (Å²) in [7, 11) is 0. The second-order valence-corrected chi connectivity index (χ2v) is 6.27. The number of anilines is 3. The van der Waals surface area contributed by atoms with Gasteiger partial charge in [0.05, 0.1) is 16.8 Å². The van der Waals surface area contributed by atoms with Gasteiger partial charge in [0, 0.05) is 18.1 Å². The molecule has 0 saturated heterocycles. The molecule has 2 N–H and O–H groups in total. The molecule has 0 radical (unpaired) electrons. The first-order valence-electron chi connectivity index (χ1n) is 8.57. The van der Waals surface area contributed by atoms with Crippen LogP contribution in [-0.4, -0.2) is 15.9 Å². The second kappa shape index (κ2) is 8.11. The Morgan fingerprint density at radius 1 is 1.00 bits per heavy atom. The van der Waals surface area contributed by atoms with Crippen LogP contribution >= 0.6 is 0 Å². The molecule has 0 aliphatic heterocycles. The van der Waals surface area contributed by atoms with Crippen molar-refractivity contribution in [2.45, 2.75) is 19.8 Å². The number of carbonyl (C=O) groups excluding carboxylic acids is 1. The first-order valence-corrected chi connectivity index (χ1v) is 8.57. The highest BCUT2D eigenvalue weighted by atomic mass is 16.1. The van der Waals surface area contributed by atoms with E-state index in [2.05, 4.69) is 40.5 Å². The molecule has 134 valence electrons. The molecule has 0 bridgehead atoms. The largest absolute Gasteiger partial charge is 0.324 e. The van der Waals surface area contributed by atoms with Gasteiger partial charge in [-0.15, -0.1) is 0 Å². The Bertz CT molecular complexity index is 990. The SMILES string of the molecule is CC(C)c1ccccc1Nc1ncc(C(=O)Nc2ccccc2C#N)cn1. The topological polar surface area (TPSA) is 90.7 Å². The van der Waals surface area contributed by atoms with E-state index in [1.807, 2.05) is 24.3 Å². The van der Waals surface area contributed by atoms with E-state index >= 15 is 0 Å². The van der Waals surface area contributed by atoms with Crippen molar-refractivity contribution in [3.8, 4) is 6.07 Å². The molecule has 0 saturated carbocycles. The van der Waals surface area contributed by atoms with Crippen molar-refractivity contribution in [3.63, 3.8) is 0 Å². The molecule has 6 heteroatoms. The number of hydrogen-bond acceptors (Lipinski definition) is 5. The number of rotatable bonds is 5. The molecule has 0 aliphatic carbocycles. The zero-order chi connectivity index (χ0) is 19.2. The quantitative estimate of drug-likeness (QED) is 0.703. The van der Waals surface area contributed by atoms with Crippen molar-refractivity contribution in [3.05, 3.63) is 77.6 Å². The number of nitrogens with zero attached hydrogens (tertiary/aromatic N) is 3. The lowest BCUT2D eigenvalue weighted by atomic mass is 10.0. The van der Waals surface area contributed by atoms with Crippen LogP contribution in [0.15, 0.2) is 60.9 Å². The molecule has 0 unspecified atom stereocenters. The van der Waals surface area contributed by atoms with E-state index in [0.717, 1.165) is 11.3 Å². The first-order chi connectivity index (χ1) is 13.1. The van der Waals surface area contributed by atoms with Gasteiger partial charge in [0.25, 0.3) is 5.91 Å². The Morgan fingerprint density at radius 3 is 2.30 bits per heavy atom. The number of hydrogen-bond donors (Lipinski definition) is 2. The number of para-hydroxylation sites is 2. The van der Waals surface area contributed by atoms with Gasteiger partial charge >= 0.3 is 0 Å². The Hall–Kier alpha value is -3.72. The van der Waals surface area contributed by atoms with Crippen molar-refractivity contribution >= 4 is 23.2 Å². The molecular formula is C21H19N5O. The average molecular weight is 357 g/mol. The van der Waals surface area contributed by atoms with Crippen LogP contribution in [0.5, 0.6) is 0 Å². The lowest BCUT2D eigenvalue weighted by molar-refractivity contribution is 0.102. The molecule has 3 rings (SSSR count). The minimum Gasteiger partial charge on any atom is -0.324 e. The lowest BCUT2D eigenvalue weighted by Gasteiger charge is -2.13. The standard InChI is InChI=1S/C21H19N5O/c1-14(2)17-8-4-6-10-19(17)26-21-23-12-16(13-24-21)20(27)25-18-9-5-3-7-15(18)11-22/h3-10,12-14H,1-2H3,(H,25,27)(H,23,24,26). The normalized spacial score (nSPS) is 10.3. The van der Waals surface area contributed by atoms with E-state index in [-0.39, 0.29) is 5.91 Å². The summed E-state index contributed by atoms with van der Waals surface area (Å²) in [5.41, 5.74) is 3.27. The summed E-state index contributed by atoms with van der Waals surface area (Å²) < 4.78 is 0. The number of nitriles is 1. The summed E-state index contributed by atoms with van der Waals surface area (Å²) in [6.07, 6.45) is 2.91. The molecule has 1 amide bonds. The summed E-state index contributed by atoms with van der Waals surface area (Å²) in [6, 6.07) is 16.8. The minimum atomic E-state index is -0.369. The van der Waals surface area contributed by atoms with Crippen molar-refractivity contribution in [2.24, 2.45) is 0 Å². The molecule has 0 spiro atoms. The van der Waals surface area contributed by atoms with Gasteiger partial charge < -0.3 is 10.6 Å². The summed E-state index contributed by atoms with van der Waals surface area (Å²) in [5.74, 6) is 0.405. The Labute approximate surface area is 157 Å². The predicted octanol–water partition coefficient (Wildman–Crippen LogP) is 4.47. The highest BCUT2D eigenvalue weighted by Gasteiger charge is 2.11. The Kier molecular flexibility index (Phi) is 5.43. The van der Waals surface area contributed by atoms with Gasteiger partial charge in [-0.1, -0.05) is 44.2 Å². The van der Waals surface area contributed by atoms with Crippen molar-refractivity contribution in [2.75, 3.05) is 10.6 Å². The summed E-state index contributed by atoms with van der Waals surface area (Å²) >= 11 is 0. The van der Waals surface area contributed by atoms with Crippen molar-refractivity contribution < 1.29 is 4.79 Å². The summed E-state index contributed by atoms with van der Waals surface area (Å²) in [6.45, 7) is 4.24. The number of amides is 1. The van der Waals surface area contributed by atoms with Crippen molar-refractivity contribution in [1.29, 1.82) is 5.26 Å². The van der Waals surface area contributed by atoms with Crippen LogP contribution < -0.4 is 10.6 Å². The van der Waals surface area contributed by atoms with Gasteiger partial charge in [-0.3, -0.25) is 4.79 Å². The van der Waals surface area contributed by atoms with Crippen LogP contribution in [0.4, 0.5) is 17.3 Å². The maximum Gasteiger partial charge on any atom is 0.258 e. The van der Waals surface area contributed by atoms with Gasteiger partial charge in [0.15, 0.2) is 0 Å². The van der Waals surface area contributed by atoms with E-state index in [1.165, 1.54) is 12.4 Å². The smallest absolute Gasteiger partial charge is 0.258 e. The fraction of sp³-hybridized carbons (Fsp3) is 0.143. The molecule has 0 aliphatic rings. The summed E-state index contributed by atoms with van der Waals surface area (Å²) in [5, 5.41) is 15.0. The number of carbonyl (C=O) groups is 1. The molecule has 2 aromatic carbocycles. The fourth-order valence-corrected chi connectivity index (χ4v) is 2.63. The highest BCUT2D eigenvalue weighted by molar-refractivity contribution is 6.04. The van der Waals surface area contributed by atoms with Crippen LogP contribution in [0.1, 0.15) is 41.3 Å². The monoisotopic (exact) mass is 357 g/mol. The Balaban J connectivity index is 1.74. The maximum atomic E-state index is 12.4. The molecule has 3 aromatic rings. The van der Waals surface area contributed by atoms with Crippen molar-refractivity contribution in [1.82, 2.24) is 9.97 Å². The van der Waals surface area contributed by atoms with Gasteiger partial charge in [0.2, 0.25) is 5.95 Å². The third-order valence-electron chi connectivity index (χ3n) is 4.04. The fourth-order valence-electron chi connectivity index (χ4n) is 2.63. The van der Waals surface area contributed by atoms with Gasteiger partial charge in [0.1, 0.15) is 6.07 Å².